The Labute approximate surface area is 93.5 Å². The monoisotopic (exact) mass is 226 g/mol. The molecule has 1 unspecified atom stereocenters. The number of nitrogens with zero attached hydrogens (tertiary/aromatic N) is 1. The summed E-state index contributed by atoms with van der Waals surface area (Å²) in [5.41, 5.74) is -1.03. The summed E-state index contributed by atoms with van der Waals surface area (Å²) in [5, 5.41) is 12.1. The van der Waals surface area contributed by atoms with E-state index in [4.69, 9.17) is 0 Å². The largest absolute Gasteiger partial charge is 0.480 e. The maximum absolute atomic E-state index is 13.0. The summed E-state index contributed by atoms with van der Waals surface area (Å²) in [6.07, 6.45) is 2.40. The van der Waals surface area contributed by atoms with Gasteiger partial charge in [0.25, 0.3) is 0 Å². The van der Waals surface area contributed by atoms with E-state index in [1.807, 2.05) is 13.8 Å². The molecular formula is C11H15FN2O2. The topological polar surface area (TPSA) is 62.2 Å². The summed E-state index contributed by atoms with van der Waals surface area (Å²) >= 11 is 0. The molecule has 2 N–H and O–H groups in total. The number of carboxylic acid groups (broad SMARTS) is 1. The Bertz CT molecular complexity index is 395. The van der Waals surface area contributed by atoms with Crippen molar-refractivity contribution in [1.82, 2.24) is 10.3 Å². The minimum absolute atomic E-state index is 0.0376. The highest BCUT2D eigenvalue weighted by Crippen LogP contribution is 2.21. The van der Waals surface area contributed by atoms with Gasteiger partial charge in [-0.1, -0.05) is 0 Å². The molecule has 1 heterocycles. The van der Waals surface area contributed by atoms with Gasteiger partial charge in [-0.2, -0.15) is 0 Å². The van der Waals surface area contributed by atoms with Crippen LogP contribution in [0.4, 0.5) is 4.39 Å². The molecule has 5 heteroatoms. The average molecular weight is 226 g/mol. The molecule has 0 aliphatic carbocycles. The molecule has 0 radical (unpaired) electrons. The number of carbonyl (C=O) groups is 1. The SMILES string of the molecule is CC(C)NC(C)(C(=O)O)c1cncc(F)c1. The summed E-state index contributed by atoms with van der Waals surface area (Å²) in [4.78, 5) is 14.9. The van der Waals surface area contributed by atoms with E-state index in [0.29, 0.717) is 5.56 Å². The van der Waals surface area contributed by atoms with Gasteiger partial charge < -0.3 is 5.11 Å². The molecule has 0 saturated heterocycles. The molecule has 0 saturated carbocycles. The lowest BCUT2D eigenvalue weighted by Gasteiger charge is -2.28. The summed E-state index contributed by atoms with van der Waals surface area (Å²) in [6, 6.07) is 1.14. The van der Waals surface area contributed by atoms with Crippen molar-refractivity contribution in [1.29, 1.82) is 0 Å². The summed E-state index contributed by atoms with van der Waals surface area (Å²) < 4.78 is 13.0. The van der Waals surface area contributed by atoms with Crippen molar-refractivity contribution >= 4 is 5.97 Å². The molecular weight excluding hydrogens is 211 g/mol. The van der Waals surface area contributed by atoms with Gasteiger partial charge in [-0.05, 0) is 26.8 Å². The highest BCUT2D eigenvalue weighted by molar-refractivity contribution is 5.80. The third kappa shape index (κ3) is 2.55. The van der Waals surface area contributed by atoms with Crippen LogP contribution in [0.1, 0.15) is 26.3 Å². The number of rotatable bonds is 4. The average Bonchev–Trinajstić information content (AvgIpc) is 2.16. The van der Waals surface area contributed by atoms with Gasteiger partial charge in [0.05, 0.1) is 6.20 Å². The van der Waals surface area contributed by atoms with Gasteiger partial charge in [-0.3, -0.25) is 10.3 Å². The molecule has 1 aromatic rings. The molecule has 4 nitrogen and oxygen atoms in total. The number of aliphatic carboxylic acids is 1. The van der Waals surface area contributed by atoms with Gasteiger partial charge in [0, 0.05) is 17.8 Å². The van der Waals surface area contributed by atoms with Crippen molar-refractivity contribution in [2.24, 2.45) is 0 Å². The Morgan fingerprint density at radius 1 is 1.56 bits per heavy atom. The zero-order valence-electron chi connectivity index (χ0n) is 9.49. The number of nitrogens with one attached hydrogen (secondary N) is 1. The molecule has 16 heavy (non-hydrogen) atoms. The van der Waals surface area contributed by atoms with E-state index in [9.17, 15) is 14.3 Å². The second kappa shape index (κ2) is 4.57. The molecule has 0 bridgehead atoms. The summed E-state index contributed by atoms with van der Waals surface area (Å²) in [5.74, 6) is -1.61. The Morgan fingerprint density at radius 3 is 2.62 bits per heavy atom. The van der Waals surface area contributed by atoms with Crippen LogP contribution in [-0.2, 0) is 10.3 Å². The van der Waals surface area contributed by atoms with Crippen LogP contribution in [0.15, 0.2) is 18.5 Å². The van der Waals surface area contributed by atoms with E-state index in [2.05, 4.69) is 10.3 Å². The highest BCUT2D eigenvalue weighted by Gasteiger charge is 2.36. The van der Waals surface area contributed by atoms with Crippen molar-refractivity contribution in [2.45, 2.75) is 32.4 Å². The van der Waals surface area contributed by atoms with E-state index in [-0.39, 0.29) is 6.04 Å². The first-order valence-corrected chi connectivity index (χ1v) is 4.98. The van der Waals surface area contributed by atoms with Crippen molar-refractivity contribution in [3.63, 3.8) is 0 Å². The molecule has 0 aromatic carbocycles. The summed E-state index contributed by atoms with van der Waals surface area (Å²) in [6.45, 7) is 5.15. The fraction of sp³-hybridized carbons (Fsp3) is 0.455. The maximum Gasteiger partial charge on any atom is 0.328 e. The number of hydrogen-bond donors (Lipinski definition) is 2. The second-order valence-electron chi connectivity index (χ2n) is 4.12. The van der Waals surface area contributed by atoms with Gasteiger partial charge in [0.1, 0.15) is 11.4 Å². The van der Waals surface area contributed by atoms with Crippen LogP contribution in [0.25, 0.3) is 0 Å². The summed E-state index contributed by atoms with van der Waals surface area (Å²) in [7, 11) is 0. The van der Waals surface area contributed by atoms with E-state index >= 15 is 0 Å². The van der Waals surface area contributed by atoms with Gasteiger partial charge >= 0.3 is 5.97 Å². The molecule has 1 atom stereocenters. The molecule has 0 aliphatic heterocycles. The molecule has 0 amide bonds. The first-order chi connectivity index (χ1) is 7.36. The number of hydrogen-bond acceptors (Lipinski definition) is 3. The van der Waals surface area contributed by atoms with Crippen LogP contribution in [0.3, 0.4) is 0 Å². The van der Waals surface area contributed by atoms with Gasteiger partial charge in [-0.25, -0.2) is 9.18 Å². The highest BCUT2D eigenvalue weighted by atomic mass is 19.1. The lowest BCUT2D eigenvalue weighted by atomic mass is 9.92. The fourth-order valence-corrected chi connectivity index (χ4v) is 1.53. The predicted molar refractivity (Wildman–Crippen MR) is 57.5 cm³/mol. The Balaban J connectivity index is 3.16. The smallest absolute Gasteiger partial charge is 0.328 e. The number of aromatic nitrogens is 1. The maximum atomic E-state index is 13.0. The minimum atomic E-state index is -1.33. The molecule has 1 rings (SSSR count). The van der Waals surface area contributed by atoms with Crippen LogP contribution in [0.2, 0.25) is 0 Å². The van der Waals surface area contributed by atoms with Crippen molar-refractivity contribution in [2.75, 3.05) is 0 Å². The molecule has 0 fully saturated rings. The second-order valence-corrected chi connectivity index (χ2v) is 4.12. The van der Waals surface area contributed by atoms with Crippen molar-refractivity contribution in [3.05, 3.63) is 29.8 Å². The van der Waals surface area contributed by atoms with E-state index in [1.165, 1.54) is 19.2 Å². The Kier molecular flexibility index (Phi) is 3.59. The number of carboxylic acids is 1. The molecule has 88 valence electrons. The van der Waals surface area contributed by atoms with E-state index < -0.39 is 17.3 Å². The predicted octanol–water partition coefficient (Wildman–Crippen LogP) is 1.52. The van der Waals surface area contributed by atoms with Crippen LogP contribution < -0.4 is 5.32 Å². The first-order valence-electron chi connectivity index (χ1n) is 4.98. The standard InChI is InChI=1S/C11H15FN2O2/c1-7(2)14-11(3,10(15)16)8-4-9(12)6-13-5-8/h4-7,14H,1-3H3,(H,15,16). The van der Waals surface area contributed by atoms with E-state index in [1.54, 1.807) is 0 Å². The van der Waals surface area contributed by atoms with E-state index in [0.717, 1.165) is 6.20 Å². The number of halogens is 1. The van der Waals surface area contributed by atoms with Crippen LogP contribution >= 0.6 is 0 Å². The van der Waals surface area contributed by atoms with Crippen LogP contribution in [0, 0.1) is 5.82 Å². The van der Waals surface area contributed by atoms with Gasteiger partial charge in [0.2, 0.25) is 0 Å². The normalized spacial score (nSPS) is 14.8. The van der Waals surface area contributed by atoms with Gasteiger partial charge in [-0.15, -0.1) is 0 Å². The third-order valence-corrected chi connectivity index (χ3v) is 2.29. The molecule has 0 aliphatic rings. The zero-order chi connectivity index (χ0) is 12.3. The lowest BCUT2D eigenvalue weighted by Crippen LogP contribution is -2.49. The van der Waals surface area contributed by atoms with Crippen LogP contribution in [-0.4, -0.2) is 22.1 Å². The minimum Gasteiger partial charge on any atom is -0.480 e. The molecule has 1 aromatic heterocycles. The van der Waals surface area contributed by atoms with Crippen LogP contribution in [0.5, 0.6) is 0 Å². The zero-order valence-corrected chi connectivity index (χ0v) is 9.49. The quantitative estimate of drug-likeness (QED) is 0.817. The van der Waals surface area contributed by atoms with Crippen molar-refractivity contribution in [3.8, 4) is 0 Å². The first kappa shape index (κ1) is 12.6. The van der Waals surface area contributed by atoms with Gasteiger partial charge in [0.15, 0.2) is 0 Å². The number of pyridine rings is 1. The lowest BCUT2D eigenvalue weighted by molar-refractivity contribution is -0.145. The Hall–Kier alpha value is -1.49. The third-order valence-electron chi connectivity index (χ3n) is 2.29. The van der Waals surface area contributed by atoms with Crippen molar-refractivity contribution < 1.29 is 14.3 Å². The molecule has 0 spiro atoms. The fourth-order valence-electron chi connectivity index (χ4n) is 1.53. The Morgan fingerprint density at radius 2 is 2.19 bits per heavy atom.